The van der Waals surface area contributed by atoms with Crippen LogP contribution in [0.5, 0.6) is 23.0 Å². The van der Waals surface area contributed by atoms with E-state index in [4.69, 9.17) is 13.9 Å². The first-order valence-corrected chi connectivity index (χ1v) is 9.04. The first-order chi connectivity index (χ1) is 14.7. The number of rotatable bonds is 3. The van der Waals surface area contributed by atoms with E-state index >= 15 is 0 Å². The molecule has 2 heterocycles. The zero-order valence-corrected chi connectivity index (χ0v) is 15.6. The summed E-state index contributed by atoms with van der Waals surface area (Å²) in [5.74, 6) is -1.82. The van der Waals surface area contributed by atoms with Gasteiger partial charge in [0.2, 0.25) is 17.5 Å². The van der Waals surface area contributed by atoms with Crippen molar-refractivity contribution in [2.75, 3.05) is 0 Å². The Balaban J connectivity index is 1.90. The molecule has 1 aliphatic rings. The Morgan fingerprint density at radius 1 is 0.839 bits per heavy atom. The second-order valence-corrected chi connectivity index (χ2v) is 6.96. The summed E-state index contributed by atoms with van der Waals surface area (Å²) >= 11 is 0. The van der Waals surface area contributed by atoms with Crippen molar-refractivity contribution < 1.29 is 49.6 Å². The van der Waals surface area contributed by atoms with E-state index in [0.717, 1.165) is 12.1 Å². The van der Waals surface area contributed by atoms with Gasteiger partial charge in [-0.1, -0.05) is 0 Å². The van der Waals surface area contributed by atoms with Gasteiger partial charge in [-0.3, -0.25) is 4.79 Å². The second kappa shape index (κ2) is 7.72. The van der Waals surface area contributed by atoms with Crippen LogP contribution in [0.1, 0.15) is 0 Å². The van der Waals surface area contributed by atoms with Crippen molar-refractivity contribution in [3.8, 4) is 34.3 Å². The minimum absolute atomic E-state index is 0.0732. The van der Waals surface area contributed by atoms with Gasteiger partial charge in [0.15, 0.2) is 12.1 Å². The number of fused-ring (bicyclic) bond motifs is 1. The van der Waals surface area contributed by atoms with E-state index < -0.39 is 47.8 Å². The number of hydrogen-bond acceptors (Lipinski definition) is 11. The molecule has 1 unspecified atom stereocenters. The number of benzene rings is 2. The minimum Gasteiger partial charge on any atom is -0.508 e. The molecule has 0 radical (unpaired) electrons. The maximum absolute atomic E-state index is 13.1. The van der Waals surface area contributed by atoms with Gasteiger partial charge in [0.05, 0.1) is 0 Å². The summed E-state index contributed by atoms with van der Waals surface area (Å²) in [7, 11) is 0. The summed E-state index contributed by atoms with van der Waals surface area (Å²) in [6.45, 7) is 0. The molecule has 11 heteroatoms. The highest BCUT2D eigenvalue weighted by Gasteiger charge is 2.45. The summed E-state index contributed by atoms with van der Waals surface area (Å²) in [5, 5.41) is 68.4. The molecule has 0 aliphatic carbocycles. The Bertz CT molecular complexity index is 1170. The number of aliphatic hydroxyl groups is 4. The van der Waals surface area contributed by atoms with Crippen LogP contribution in [0.4, 0.5) is 0 Å². The van der Waals surface area contributed by atoms with Gasteiger partial charge >= 0.3 is 0 Å². The second-order valence-electron chi connectivity index (χ2n) is 6.96. The van der Waals surface area contributed by atoms with Crippen LogP contribution in [0.2, 0.25) is 0 Å². The van der Waals surface area contributed by atoms with Gasteiger partial charge in [0.25, 0.3) is 0 Å². The third-order valence-corrected chi connectivity index (χ3v) is 4.83. The van der Waals surface area contributed by atoms with Crippen LogP contribution in [-0.2, 0) is 4.74 Å². The normalized spacial score (nSPS) is 26.1. The van der Waals surface area contributed by atoms with E-state index in [1.807, 2.05) is 0 Å². The van der Waals surface area contributed by atoms with E-state index in [-0.39, 0.29) is 33.8 Å². The standard InChI is InChI=1S/C20H18O11/c21-8-3-1-7(2-4-8)17-18(30-20-16(27)14(25)15(26)19(28)31-20)13(24)12-10(23)5-9(22)6-11(12)29-17/h1-6,14-16,19-23,25-28H/t14-,15+,16+,19+,20?/m0/s1. The number of aliphatic hydroxyl groups excluding tert-OH is 4. The maximum Gasteiger partial charge on any atom is 0.239 e. The Hall–Kier alpha value is -3.35. The average Bonchev–Trinajstić information content (AvgIpc) is 2.72. The molecule has 31 heavy (non-hydrogen) atoms. The van der Waals surface area contributed by atoms with Crippen molar-refractivity contribution >= 4 is 11.0 Å². The number of aromatic hydroxyl groups is 3. The third kappa shape index (κ3) is 3.65. The van der Waals surface area contributed by atoms with Crippen LogP contribution < -0.4 is 10.2 Å². The van der Waals surface area contributed by atoms with Gasteiger partial charge in [-0.2, -0.15) is 0 Å². The molecule has 1 saturated heterocycles. The lowest BCUT2D eigenvalue weighted by Crippen LogP contribution is -2.59. The molecule has 1 aliphatic heterocycles. The van der Waals surface area contributed by atoms with Gasteiger partial charge in [-0.15, -0.1) is 0 Å². The lowest BCUT2D eigenvalue weighted by Gasteiger charge is -2.37. The molecule has 5 atom stereocenters. The first kappa shape index (κ1) is 20.9. The van der Waals surface area contributed by atoms with Gasteiger partial charge in [0.1, 0.15) is 46.5 Å². The van der Waals surface area contributed by atoms with Crippen molar-refractivity contribution in [3.63, 3.8) is 0 Å². The van der Waals surface area contributed by atoms with E-state index in [0.29, 0.717) is 0 Å². The summed E-state index contributed by atoms with van der Waals surface area (Å²) < 4.78 is 16.1. The SMILES string of the molecule is O=c1c(OC2O[C@@H](O)[C@H](O)[C@H](O)[C@H]2O)c(-c2ccc(O)cc2)oc2cc(O)cc(O)c12. The fourth-order valence-corrected chi connectivity index (χ4v) is 3.22. The smallest absolute Gasteiger partial charge is 0.239 e. The van der Waals surface area contributed by atoms with Crippen molar-refractivity contribution in [1.29, 1.82) is 0 Å². The molecular weight excluding hydrogens is 416 g/mol. The zero-order chi connectivity index (χ0) is 22.4. The molecular formula is C20H18O11. The summed E-state index contributed by atoms with van der Waals surface area (Å²) in [6.07, 6.45) is -9.22. The first-order valence-electron chi connectivity index (χ1n) is 9.04. The number of ether oxygens (including phenoxy) is 2. The summed E-state index contributed by atoms with van der Waals surface area (Å²) in [4.78, 5) is 13.1. The predicted octanol–water partition coefficient (Wildman–Crippen LogP) is -0.287. The fraction of sp³-hybridized carbons (Fsp3) is 0.250. The predicted molar refractivity (Wildman–Crippen MR) is 102 cm³/mol. The van der Waals surface area contributed by atoms with Gasteiger partial charge in [-0.05, 0) is 24.3 Å². The highest BCUT2D eigenvalue weighted by Crippen LogP contribution is 2.37. The summed E-state index contributed by atoms with van der Waals surface area (Å²) in [6, 6.07) is 7.40. The third-order valence-electron chi connectivity index (χ3n) is 4.83. The van der Waals surface area contributed by atoms with Crippen LogP contribution in [0.25, 0.3) is 22.3 Å². The number of phenolic OH excluding ortho intramolecular Hbond substituents is 3. The van der Waals surface area contributed by atoms with Crippen molar-refractivity contribution in [3.05, 3.63) is 46.6 Å². The molecule has 1 fully saturated rings. The van der Waals surface area contributed by atoms with Crippen LogP contribution >= 0.6 is 0 Å². The Kier molecular flexibility index (Phi) is 5.21. The minimum atomic E-state index is -1.92. The van der Waals surface area contributed by atoms with E-state index in [9.17, 15) is 40.5 Å². The largest absolute Gasteiger partial charge is 0.508 e. The molecule has 0 saturated carbocycles. The van der Waals surface area contributed by atoms with Gasteiger partial charge in [0, 0.05) is 17.7 Å². The molecule has 164 valence electrons. The van der Waals surface area contributed by atoms with Gasteiger partial charge < -0.3 is 49.6 Å². The average molecular weight is 434 g/mol. The summed E-state index contributed by atoms with van der Waals surface area (Å²) in [5.41, 5.74) is -0.854. The fourth-order valence-electron chi connectivity index (χ4n) is 3.22. The lowest BCUT2D eigenvalue weighted by atomic mass is 10.0. The Labute approximate surface area is 173 Å². The van der Waals surface area contributed by atoms with Crippen molar-refractivity contribution in [2.45, 2.75) is 30.9 Å². The molecule has 11 nitrogen and oxygen atoms in total. The maximum atomic E-state index is 13.1. The van der Waals surface area contributed by atoms with Crippen LogP contribution in [-0.4, -0.2) is 66.6 Å². The quantitative estimate of drug-likeness (QED) is 0.287. The van der Waals surface area contributed by atoms with E-state index in [2.05, 4.69) is 0 Å². The molecule has 4 rings (SSSR count). The van der Waals surface area contributed by atoms with Crippen LogP contribution in [0.15, 0.2) is 45.6 Å². The monoisotopic (exact) mass is 434 g/mol. The van der Waals surface area contributed by atoms with Crippen LogP contribution in [0, 0.1) is 0 Å². The highest BCUT2D eigenvalue weighted by atomic mass is 16.7. The number of phenols is 3. The number of hydrogen-bond donors (Lipinski definition) is 7. The van der Waals surface area contributed by atoms with E-state index in [1.165, 1.54) is 24.3 Å². The highest BCUT2D eigenvalue weighted by molar-refractivity contribution is 5.88. The van der Waals surface area contributed by atoms with E-state index in [1.54, 1.807) is 0 Å². The Morgan fingerprint density at radius 3 is 2.19 bits per heavy atom. The van der Waals surface area contributed by atoms with Crippen molar-refractivity contribution in [1.82, 2.24) is 0 Å². The zero-order valence-electron chi connectivity index (χ0n) is 15.6. The molecule has 1 aromatic heterocycles. The molecule has 0 bridgehead atoms. The van der Waals surface area contributed by atoms with Gasteiger partial charge in [-0.25, -0.2) is 0 Å². The Morgan fingerprint density at radius 2 is 1.52 bits per heavy atom. The molecule has 0 amide bonds. The molecule has 0 spiro atoms. The molecule has 7 N–H and O–H groups in total. The van der Waals surface area contributed by atoms with Crippen molar-refractivity contribution in [2.24, 2.45) is 0 Å². The molecule has 3 aromatic rings. The topological polar surface area (TPSA) is 190 Å². The van der Waals surface area contributed by atoms with Crippen LogP contribution in [0.3, 0.4) is 0 Å². The molecule has 2 aromatic carbocycles. The lowest BCUT2D eigenvalue weighted by molar-refractivity contribution is -0.321.